The molecule has 2 N–H and O–H groups in total. The average molecular weight is 241 g/mol. The Morgan fingerprint density at radius 3 is 2.65 bits per heavy atom. The van der Waals surface area contributed by atoms with E-state index in [1.165, 1.54) is 0 Å². The van der Waals surface area contributed by atoms with Gasteiger partial charge in [0.05, 0.1) is 0 Å². The van der Waals surface area contributed by atoms with Crippen molar-refractivity contribution in [1.82, 2.24) is 5.32 Å². The second-order valence-electron chi connectivity index (χ2n) is 5.20. The van der Waals surface area contributed by atoms with E-state index in [-0.39, 0.29) is 30.6 Å². The molecule has 17 heavy (non-hydrogen) atoms. The molecular weight excluding hydrogens is 218 g/mol. The van der Waals surface area contributed by atoms with Crippen LogP contribution in [0.4, 0.5) is 0 Å². The van der Waals surface area contributed by atoms with Crippen molar-refractivity contribution in [2.24, 2.45) is 5.92 Å². The van der Waals surface area contributed by atoms with Gasteiger partial charge in [0.15, 0.2) is 0 Å². The number of carbonyl (C=O) groups is 1. The number of carbonyl (C=O) groups excluding carboxylic acids is 1. The molecule has 1 heterocycles. The van der Waals surface area contributed by atoms with Crippen LogP contribution in [0.2, 0.25) is 0 Å². The molecule has 0 aromatic carbocycles. The normalized spacial score (nSPS) is 34.3. The number of aliphatic hydroxyl groups is 1. The summed E-state index contributed by atoms with van der Waals surface area (Å²) < 4.78 is 5.48. The molecule has 1 saturated heterocycles. The van der Waals surface area contributed by atoms with E-state index in [2.05, 4.69) is 5.32 Å². The van der Waals surface area contributed by atoms with Crippen molar-refractivity contribution < 1.29 is 14.6 Å². The fraction of sp³-hybridized carbons (Fsp3) is 0.923. The third-order valence-corrected chi connectivity index (χ3v) is 3.94. The molecule has 0 bridgehead atoms. The van der Waals surface area contributed by atoms with Gasteiger partial charge in [-0.2, -0.15) is 0 Å². The molecule has 3 atom stereocenters. The minimum absolute atomic E-state index is 0.0232. The highest BCUT2D eigenvalue weighted by Crippen LogP contribution is 2.24. The zero-order chi connectivity index (χ0) is 12.1. The summed E-state index contributed by atoms with van der Waals surface area (Å²) in [5, 5.41) is 12.4. The fourth-order valence-electron chi connectivity index (χ4n) is 2.84. The second-order valence-corrected chi connectivity index (χ2v) is 5.20. The van der Waals surface area contributed by atoms with E-state index in [0.29, 0.717) is 6.61 Å². The third kappa shape index (κ3) is 3.42. The highest BCUT2D eigenvalue weighted by atomic mass is 16.5. The van der Waals surface area contributed by atoms with Crippen molar-refractivity contribution >= 4 is 5.91 Å². The second kappa shape index (κ2) is 6.36. The van der Waals surface area contributed by atoms with Crippen LogP contribution in [0.1, 0.15) is 44.9 Å². The summed E-state index contributed by atoms with van der Waals surface area (Å²) in [7, 11) is 0. The van der Waals surface area contributed by atoms with Crippen molar-refractivity contribution in [3.05, 3.63) is 0 Å². The first-order valence-electron chi connectivity index (χ1n) is 6.84. The van der Waals surface area contributed by atoms with Gasteiger partial charge in [0, 0.05) is 25.2 Å². The molecule has 1 saturated carbocycles. The first-order chi connectivity index (χ1) is 8.31. The predicted octanol–water partition coefficient (Wildman–Crippen LogP) is 1.22. The minimum atomic E-state index is -0.259. The lowest BCUT2D eigenvalue weighted by atomic mass is 9.85. The monoisotopic (exact) mass is 241 g/mol. The molecule has 4 heteroatoms. The van der Waals surface area contributed by atoms with Crippen LogP contribution in [0.5, 0.6) is 0 Å². The Hall–Kier alpha value is -0.610. The number of aliphatic hydroxyl groups excluding tert-OH is 1. The predicted molar refractivity (Wildman–Crippen MR) is 64.6 cm³/mol. The maximum atomic E-state index is 12.0. The zero-order valence-electron chi connectivity index (χ0n) is 10.4. The van der Waals surface area contributed by atoms with E-state index in [9.17, 15) is 9.90 Å². The maximum Gasteiger partial charge on any atom is 0.249 e. The molecule has 1 aliphatic carbocycles. The Morgan fingerprint density at radius 2 is 1.94 bits per heavy atom. The Balaban J connectivity index is 1.83. The minimum Gasteiger partial charge on any atom is -0.396 e. The van der Waals surface area contributed by atoms with E-state index >= 15 is 0 Å². The summed E-state index contributed by atoms with van der Waals surface area (Å²) in [4.78, 5) is 12.0. The average Bonchev–Trinajstić information content (AvgIpc) is 2.40. The van der Waals surface area contributed by atoms with Crippen molar-refractivity contribution in [2.45, 2.75) is 57.1 Å². The van der Waals surface area contributed by atoms with E-state index in [4.69, 9.17) is 4.74 Å². The van der Waals surface area contributed by atoms with Crippen LogP contribution in [-0.4, -0.2) is 36.4 Å². The quantitative estimate of drug-likeness (QED) is 0.781. The standard InChI is InChI=1S/C13H23NO3/c15-9-10-5-1-2-6-11(10)14-13(16)12-7-3-4-8-17-12/h10-12,15H,1-9H2,(H,14,16). The van der Waals surface area contributed by atoms with Crippen LogP contribution in [0.3, 0.4) is 0 Å². The van der Waals surface area contributed by atoms with Crippen molar-refractivity contribution in [1.29, 1.82) is 0 Å². The Morgan fingerprint density at radius 1 is 1.18 bits per heavy atom. The van der Waals surface area contributed by atoms with Gasteiger partial charge in [0.2, 0.25) is 5.91 Å². The van der Waals surface area contributed by atoms with Gasteiger partial charge in [-0.15, -0.1) is 0 Å². The summed E-state index contributed by atoms with van der Waals surface area (Å²) in [6, 6.07) is 0.145. The lowest BCUT2D eigenvalue weighted by Crippen LogP contribution is -2.48. The van der Waals surface area contributed by atoms with Crippen LogP contribution in [-0.2, 0) is 9.53 Å². The molecule has 1 aliphatic heterocycles. The van der Waals surface area contributed by atoms with Crippen molar-refractivity contribution in [3.8, 4) is 0 Å². The molecule has 0 aromatic rings. The highest BCUT2D eigenvalue weighted by Gasteiger charge is 2.29. The fourth-order valence-corrected chi connectivity index (χ4v) is 2.84. The van der Waals surface area contributed by atoms with Gasteiger partial charge in [0.25, 0.3) is 0 Å². The van der Waals surface area contributed by atoms with Crippen LogP contribution in [0.15, 0.2) is 0 Å². The SMILES string of the molecule is O=C(NC1CCCCC1CO)C1CCCCO1. The number of hydrogen-bond acceptors (Lipinski definition) is 3. The molecule has 2 rings (SSSR count). The van der Waals surface area contributed by atoms with E-state index in [1.54, 1.807) is 0 Å². The van der Waals surface area contributed by atoms with Gasteiger partial charge >= 0.3 is 0 Å². The van der Waals surface area contributed by atoms with Gasteiger partial charge in [-0.05, 0) is 32.1 Å². The number of nitrogens with one attached hydrogen (secondary N) is 1. The summed E-state index contributed by atoms with van der Waals surface area (Å²) in [5.41, 5.74) is 0. The first kappa shape index (κ1) is 12.8. The molecule has 2 fully saturated rings. The number of amides is 1. The van der Waals surface area contributed by atoms with Crippen LogP contribution < -0.4 is 5.32 Å². The molecule has 0 spiro atoms. The third-order valence-electron chi connectivity index (χ3n) is 3.94. The molecular formula is C13H23NO3. The molecule has 3 unspecified atom stereocenters. The van der Waals surface area contributed by atoms with Crippen molar-refractivity contribution in [3.63, 3.8) is 0 Å². The Kier molecular flexibility index (Phi) is 4.80. The smallest absolute Gasteiger partial charge is 0.249 e. The molecule has 4 nitrogen and oxygen atoms in total. The summed E-state index contributed by atoms with van der Waals surface area (Å²) in [6.45, 7) is 0.878. The van der Waals surface area contributed by atoms with Gasteiger partial charge in [-0.25, -0.2) is 0 Å². The number of hydrogen-bond donors (Lipinski definition) is 2. The summed E-state index contributed by atoms with van der Waals surface area (Å²) in [5.74, 6) is 0.256. The van der Waals surface area contributed by atoms with Gasteiger partial charge in [-0.1, -0.05) is 12.8 Å². The van der Waals surface area contributed by atoms with E-state index in [1.807, 2.05) is 0 Å². The lowest BCUT2D eigenvalue weighted by molar-refractivity contribution is -0.137. The molecule has 0 radical (unpaired) electrons. The van der Waals surface area contributed by atoms with Crippen LogP contribution >= 0.6 is 0 Å². The van der Waals surface area contributed by atoms with Crippen molar-refractivity contribution in [2.75, 3.05) is 13.2 Å². The van der Waals surface area contributed by atoms with Gasteiger partial charge < -0.3 is 15.2 Å². The molecule has 98 valence electrons. The van der Waals surface area contributed by atoms with Gasteiger partial charge in [-0.3, -0.25) is 4.79 Å². The van der Waals surface area contributed by atoms with Gasteiger partial charge in [0.1, 0.15) is 6.10 Å². The highest BCUT2D eigenvalue weighted by molar-refractivity contribution is 5.81. The summed E-state index contributed by atoms with van der Waals surface area (Å²) >= 11 is 0. The lowest BCUT2D eigenvalue weighted by Gasteiger charge is -2.32. The summed E-state index contributed by atoms with van der Waals surface area (Å²) in [6.07, 6.45) is 7.03. The molecule has 1 amide bonds. The van der Waals surface area contributed by atoms with Crippen LogP contribution in [0, 0.1) is 5.92 Å². The zero-order valence-corrected chi connectivity index (χ0v) is 10.4. The molecule has 0 aromatic heterocycles. The number of ether oxygens (including phenoxy) is 1. The largest absolute Gasteiger partial charge is 0.396 e. The van der Waals surface area contributed by atoms with Crippen LogP contribution in [0.25, 0.3) is 0 Å². The Labute approximate surface area is 103 Å². The van der Waals surface area contributed by atoms with E-state index < -0.39 is 0 Å². The van der Waals surface area contributed by atoms with E-state index in [0.717, 1.165) is 44.9 Å². The first-order valence-corrected chi connectivity index (χ1v) is 6.84. The topological polar surface area (TPSA) is 58.6 Å². The maximum absolute atomic E-state index is 12.0. The number of rotatable bonds is 3. The Bertz CT molecular complexity index is 251. The molecule has 2 aliphatic rings.